The number of benzene rings is 1. The molecular formula is C21H26O4. The van der Waals surface area contributed by atoms with Crippen molar-refractivity contribution in [2.45, 2.75) is 63.6 Å². The Labute approximate surface area is 149 Å². The number of hydrogen-bond acceptors (Lipinski definition) is 4. The minimum absolute atomic E-state index is 0.0334. The number of hydrogen-bond donors (Lipinski definition) is 0. The third kappa shape index (κ3) is 2.77. The van der Waals surface area contributed by atoms with Crippen molar-refractivity contribution in [1.82, 2.24) is 0 Å². The Kier molecular flexibility index (Phi) is 3.91. The van der Waals surface area contributed by atoms with Crippen molar-refractivity contribution in [2.75, 3.05) is 13.7 Å². The largest absolute Gasteiger partial charge is 0.496 e. The van der Waals surface area contributed by atoms with Crippen LogP contribution in [0.1, 0.15) is 55.2 Å². The van der Waals surface area contributed by atoms with E-state index in [4.69, 9.17) is 14.2 Å². The molecule has 4 nitrogen and oxygen atoms in total. The molecule has 0 aromatic heterocycles. The maximum Gasteiger partial charge on any atom is 0.339 e. The van der Waals surface area contributed by atoms with E-state index in [1.165, 1.54) is 0 Å². The zero-order valence-electron chi connectivity index (χ0n) is 15.3. The lowest BCUT2D eigenvalue weighted by atomic mass is 9.74. The Morgan fingerprint density at radius 2 is 1.84 bits per heavy atom. The van der Waals surface area contributed by atoms with Crippen LogP contribution in [0.5, 0.6) is 5.75 Å². The second-order valence-corrected chi connectivity index (χ2v) is 7.81. The average molecular weight is 342 g/mol. The van der Waals surface area contributed by atoms with Gasteiger partial charge in [-0.3, -0.25) is 0 Å². The lowest BCUT2D eigenvalue weighted by Crippen LogP contribution is -2.42. The molecular weight excluding hydrogens is 316 g/mol. The van der Waals surface area contributed by atoms with Gasteiger partial charge in [-0.15, -0.1) is 0 Å². The van der Waals surface area contributed by atoms with E-state index < -0.39 is 5.60 Å². The van der Waals surface area contributed by atoms with Crippen LogP contribution in [0.15, 0.2) is 18.2 Å². The van der Waals surface area contributed by atoms with E-state index in [9.17, 15) is 4.79 Å². The van der Waals surface area contributed by atoms with Crippen molar-refractivity contribution < 1.29 is 19.0 Å². The van der Waals surface area contributed by atoms with Gasteiger partial charge in [-0.2, -0.15) is 0 Å². The zero-order chi connectivity index (χ0) is 17.7. The number of aryl methyl sites for hydroxylation is 2. The Morgan fingerprint density at radius 3 is 2.48 bits per heavy atom. The summed E-state index contributed by atoms with van der Waals surface area (Å²) in [4.78, 5) is 12.7. The summed E-state index contributed by atoms with van der Waals surface area (Å²) in [5.41, 5.74) is 3.25. The molecule has 0 N–H and O–H groups in total. The Balaban J connectivity index is 1.66. The Bertz CT molecular complexity index is 731. The molecule has 2 fully saturated rings. The molecule has 2 aliphatic heterocycles. The first-order chi connectivity index (χ1) is 12.0. The highest BCUT2D eigenvalue weighted by Gasteiger charge is 2.49. The predicted molar refractivity (Wildman–Crippen MR) is 95.7 cm³/mol. The lowest BCUT2D eigenvalue weighted by Gasteiger charge is -2.40. The summed E-state index contributed by atoms with van der Waals surface area (Å²) in [6, 6.07) is 4.06. The molecule has 0 amide bonds. The molecule has 0 bridgehead atoms. The smallest absolute Gasteiger partial charge is 0.339 e. The molecule has 0 unspecified atom stereocenters. The van der Waals surface area contributed by atoms with E-state index in [1.807, 2.05) is 19.9 Å². The molecule has 2 heterocycles. The second kappa shape index (κ2) is 5.87. The number of methoxy groups -OCH3 is 1. The highest BCUT2D eigenvalue weighted by Crippen LogP contribution is 2.49. The number of esters is 1. The molecule has 3 aliphatic rings. The summed E-state index contributed by atoms with van der Waals surface area (Å²) in [6.07, 6.45) is 7.95. The van der Waals surface area contributed by atoms with Gasteiger partial charge in [-0.1, -0.05) is 6.07 Å². The average Bonchev–Trinajstić information content (AvgIpc) is 3.16. The van der Waals surface area contributed by atoms with Crippen molar-refractivity contribution >= 4 is 11.5 Å². The summed E-state index contributed by atoms with van der Waals surface area (Å²) in [7, 11) is 1.65. The molecule has 1 saturated heterocycles. The first-order valence-corrected chi connectivity index (χ1v) is 9.22. The second-order valence-electron chi connectivity index (χ2n) is 7.81. The monoisotopic (exact) mass is 342 g/mol. The van der Waals surface area contributed by atoms with Crippen molar-refractivity contribution in [3.8, 4) is 5.75 Å². The Morgan fingerprint density at radius 1 is 1.08 bits per heavy atom. The van der Waals surface area contributed by atoms with Crippen molar-refractivity contribution in [2.24, 2.45) is 0 Å². The molecule has 25 heavy (non-hydrogen) atoms. The minimum Gasteiger partial charge on any atom is -0.496 e. The van der Waals surface area contributed by atoms with Crippen LogP contribution in [-0.4, -0.2) is 30.9 Å². The van der Waals surface area contributed by atoms with E-state index in [1.54, 1.807) is 7.11 Å². The molecule has 4 rings (SSSR count). The van der Waals surface area contributed by atoms with Crippen LogP contribution in [0.2, 0.25) is 0 Å². The predicted octanol–water partition coefficient (Wildman–Crippen LogP) is 4.11. The molecule has 1 aliphatic carbocycles. The lowest BCUT2D eigenvalue weighted by molar-refractivity contribution is -0.152. The van der Waals surface area contributed by atoms with Crippen LogP contribution in [0, 0.1) is 13.8 Å². The van der Waals surface area contributed by atoms with Gasteiger partial charge >= 0.3 is 5.97 Å². The Hall–Kier alpha value is -1.81. The number of ether oxygens (including phenoxy) is 3. The fourth-order valence-electron chi connectivity index (χ4n) is 4.72. The van der Waals surface area contributed by atoms with Gasteiger partial charge in [0.2, 0.25) is 0 Å². The maximum atomic E-state index is 12.7. The topological polar surface area (TPSA) is 44.8 Å². The first kappa shape index (κ1) is 16.6. The third-order valence-electron chi connectivity index (χ3n) is 6.05. The summed E-state index contributed by atoms with van der Waals surface area (Å²) in [6.45, 7) is 4.92. The minimum atomic E-state index is -0.466. The fraction of sp³-hybridized carbons (Fsp3) is 0.571. The molecule has 1 aromatic carbocycles. The van der Waals surface area contributed by atoms with Crippen LogP contribution < -0.4 is 4.74 Å². The van der Waals surface area contributed by atoms with Gasteiger partial charge < -0.3 is 14.2 Å². The van der Waals surface area contributed by atoms with Crippen LogP contribution in [0.4, 0.5) is 0 Å². The molecule has 0 radical (unpaired) electrons. The van der Waals surface area contributed by atoms with E-state index in [0.717, 1.165) is 67.6 Å². The summed E-state index contributed by atoms with van der Waals surface area (Å²) in [5.74, 6) is 0.512. The van der Waals surface area contributed by atoms with Gasteiger partial charge in [-0.25, -0.2) is 4.79 Å². The van der Waals surface area contributed by atoms with Gasteiger partial charge in [0.05, 0.1) is 18.3 Å². The quantitative estimate of drug-likeness (QED) is 0.759. The van der Waals surface area contributed by atoms with Crippen LogP contribution in [0.3, 0.4) is 0 Å². The van der Waals surface area contributed by atoms with Crippen molar-refractivity contribution in [1.29, 1.82) is 0 Å². The highest BCUT2D eigenvalue weighted by molar-refractivity contribution is 6.20. The highest BCUT2D eigenvalue weighted by atomic mass is 16.6. The SMILES string of the molecule is COc1cc(C)cc(C)c1C1=CC2(CCC3(CCCO3)CC2)OC1=O. The van der Waals surface area contributed by atoms with Gasteiger partial charge in [0, 0.05) is 12.2 Å². The zero-order valence-corrected chi connectivity index (χ0v) is 15.3. The van der Waals surface area contributed by atoms with Gasteiger partial charge in [0.15, 0.2) is 0 Å². The fourth-order valence-corrected chi connectivity index (χ4v) is 4.72. The third-order valence-corrected chi connectivity index (χ3v) is 6.05. The van der Waals surface area contributed by atoms with Gasteiger partial charge in [-0.05, 0) is 75.6 Å². The van der Waals surface area contributed by atoms with Crippen molar-refractivity contribution in [3.05, 3.63) is 34.9 Å². The normalized spacial score (nSPS) is 31.5. The molecule has 0 atom stereocenters. The van der Waals surface area contributed by atoms with E-state index in [-0.39, 0.29) is 11.6 Å². The summed E-state index contributed by atoms with van der Waals surface area (Å²) < 4.78 is 17.5. The molecule has 1 saturated carbocycles. The maximum absolute atomic E-state index is 12.7. The summed E-state index contributed by atoms with van der Waals surface area (Å²) in [5, 5.41) is 0. The molecule has 1 aromatic rings. The number of rotatable bonds is 2. The molecule has 134 valence electrons. The van der Waals surface area contributed by atoms with E-state index >= 15 is 0 Å². The number of carbonyl (C=O) groups excluding carboxylic acids is 1. The molecule has 4 heteroatoms. The van der Waals surface area contributed by atoms with E-state index in [0.29, 0.717) is 5.57 Å². The van der Waals surface area contributed by atoms with Crippen LogP contribution in [-0.2, 0) is 14.3 Å². The molecule has 2 spiro atoms. The summed E-state index contributed by atoms with van der Waals surface area (Å²) >= 11 is 0. The van der Waals surface area contributed by atoms with E-state index in [2.05, 4.69) is 12.1 Å². The van der Waals surface area contributed by atoms with Gasteiger partial charge in [0.1, 0.15) is 11.4 Å². The standard InChI is InChI=1S/C21H26O4/c1-14-11-15(2)18(17(12-14)23-3)16-13-21(25-19(16)22)8-6-20(7-9-21)5-4-10-24-20/h11-13H,4-10H2,1-3H3. The first-order valence-electron chi connectivity index (χ1n) is 9.22. The van der Waals surface area contributed by atoms with Crippen LogP contribution in [0.25, 0.3) is 5.57 Å². The van der Waals surface area contributed by atoms with Crippen LogP contribution >= 0.6 is 0 Å². The van der Waals surface area contributed by atoms with Crippen molar-refractivity contribution in [3.63, 3.8) is 0 Å². The number of carbonyl (C=O) groups is 1. The van der Waals surface area contributed by atoms with Gasteiger partial charge in [0.25, 0.3) is 0 Å².